The summed E-state index contributed by atoms with van der Waals surface area (Å²) in [6.07, 6.45) is 0.488. The molecule has 1 saturated heterocycles. The molecule has 0 aromatic rings. The van der Waals surface area contributed by atoms with E-state index in [2.05, 4.69) is 33.9 Å². The van der Waals surface area contributed by atoms with Gasteiger partial charge in [0.1, 0.15) is 11.7 Å². The number of aliphatic hydroxyl groups excluding tert-OH is 1. The Morgan fingerprint density at radius 2 is 1.74 bits per heavy atom. The van der Waals surface area contributed by atoms with Gasteiger partial charge in [0.25, 0.3) is 0 Å². The van der Waals surface area contributed by atoms with Gasteiger partial charge in [0.15, 0.2) is 8.32 Å². The van der Waals surface area contributed by atoms with Gasteiger partial charge >= 0.3 is 5.97 Å². The first kappa shape index (κ1) is 20.6. The standard InChI is InChI=1S/C17H34O5Si/c1-16(2,3)21-15(19)10-12(9-13-14(11-18)20-13)22-23(7,8)17(4,5)6/h12-14,18H,9-11H2,1-8H3/t12?,13-,14-/m0/s1. The Labute approximate surface area is 141 Å². The second-order valence-corrected chi connectivity index (χ2v) is 13.7. The Balaban J connectivity index is 2.71. The molecule has 5 nitrogen and oxygen atoms in total. The highest BCUT2D eigenvalue weighted by atomic mass is 28.4. The Hall–Kier alpha value is -0.433. The number of hydrogen-bond donors (Lipinski definition) is 1. The zero-order chi connectivity index (χ0) is 18.1. The van der Waals surface area contributed by atoms with Gasteiger partial charge in [0.05, 0.1) is 25.2 Å². The maximum Gasteiger partial charge on any atom is 0.308 e. The molecule has 0 amide bonds. The third-order valence-corrected chi connectivity index (χ3v) is 8.98. The molecule has 6 heteroatoms. The first-order valence-electron chi connectivity index (χ1n) is 8.41. The number of ether oxygens (including phenoxy) is 2. The summed E-state index contributed by atoms with van der Waals surface area (Å²) >= 11 is 0. The maximum absolute atomic E-state index is 12.2. The van der Waals surface area contributed by atoms with Gasteiger partial charge in [0.2, 0.25) is 0 Å². The molecule has 1 aliphatic rings. The molecule has 0 radical (unpaired) electrons. The van der Waals surface area contributed by atoms with Gasteiger partial charge in [0, 0.05) is 6.42 Å². The summed E-state index contributed by atoms with van der Waals surface area (Å²) in [7, 11) is -1.99. The molecule has 0 spiro atoms. The van der Waals surface area contributed by atoms with Crippen molar-refractivity contribution in [1.29, 1.82) is 0 Å². The highest BCUT2D eigenvalue weighted by Crippen LogP contribution is 2.39. The van der Waals surface area contributed by atoms with Crippen LogP contribution in [0.2, 0.25) is 18.1 Å². The van der Waals surface area contributed by atoms with Crippen LogP contribution < -0.4 is 0 Å². The zero-order valence-electron chi connectivity index (χ0n) is 15.9. The van der Waals surface area contributed by atoms with E-state index in [9.17, 15) is 4.79 Å². The van der Waals surface area contributed by atoms with Crippen LogP contribution in [0.1, 0.15) is 54.4 Å². The molecule has 136 valence electrons. The summed E-state index contributed by atoms with van der Waals surface area (Å²) < 4.78 is 17.2. The number of carbonyl (C=O) groups is 1. The summed E-state index contributed by atoms with van der Waals surface area (Å²) in [5, 5.41) is 9.21. The van der Waals surface area contributed by atoms with Crippen LogP contribution in [0, 0.1) is 0 Å². The Kier molecular flexibility index (Phi) is 6.46. The first-order valence-corrected chi connectivity index (χ1v) is 11.3. The van der Waals surface area contributed by atoms with E-state index in [1.165, 1.54) is 0 Å². The van der Waals surface area contributed by atoms with E-state index in [1.54, 1.807) is 0 Å². The second kappa shape index (κ2) is 7.21. The predicted molar refractivity (Wildman–Crippen MR) is 92.9 cm³/mol. The van der Waals surface area contributed by atoms with Crippen LogP contribution in [0.25, 0.3) is 0 Å². The van der Waals surface area contributed by atoms with Crippen molar-refractivity contribution in [2.24, 2.45) is 0 Å². The van der Waals surface area contributed by atoms with Gasteiger partial charge in [-0.1, -0.05) is 20.8 Å². The highest BCUT2D eigenvalue weighted by Gasteiger charge is 2.44. The molecule has 0 aromatic heterocycles. The lowest BCUT2D eigenvalue weighted by Crippen LogP contribution is -2.45. The van der Waals surface area contributed by atoms with Crippen LogP contribution in [0.15, 0.2) is 0 Å². The summed E-state index contributed by atoms with van der Waals surface area (Å²) in [6.45, 7) is 16.5. The molecule has 1 unspecified atom stereocenters. The van der Waals surface area contributed by atoms with Gasteiger partial charge in [-0.3, -0.25) is 4.79 Å². The summed E-state index contributed by atoms with van der Waals surface area (Å²) in [6, 6.07) is 0. The van der Waals surface area contributed by atoms with Crippen LogP contribution in [-0.4, -0.2) is 49.9 Å². The minimum Gasteiger partial charge on any atom is -0.460 e. The molecule has 1 heterocycles. The third-order valence-electron chi connectivity index (χ3n) is 4.44. The van der Waals surface area contributed by atoms with Gasteiger partial charge in [-0.25, -0.2) is 0 Å². The number of hydrogen-bond acceptors (Lipinski definition) is 5. The number of esters is 1. The average Bonchev–Trinajstić information content (AvgIpc) is 3.02. The van der Waals surface area contributed by atoms with Crippen LogP contribution in [0.4, 0.5) is 0 Å². The fraction of sp³-hybridized carbons (Fsp3) is 0.941. The third kappa shape index (κ3) is 6.91. The molecule has 1 N–H and O–H groups in total. The molecular weight excluding hydrogens is 312 g/mol. The van der Waals surface area contributed by atoms with E-state index in [-0.39, 0.29) is 42.3 Å². The van der Waals surface area contributed by atoms with Crippen molar-refractivity contribution in [2.45, 2.75) is 96.4 Å². The minimum atomic E-state index is -1.99. The second-order valence-electron chi connectivity index (χ2n) is 8.92. The molecule has 1 fully saturated rings. The predicted octanol–water partition coefficient (Wildman–Crippen LogP) is 3.26. The summed E-state index contributed by atoms with van der Waals surface area (Å²) in [5.41, 5.74) is -0.498. The molecule has 0 bridgehead atoms. The van der Waals surface area contributed by atoms with Crippen molar-refractivity contribution in [3.63, 3.8) is 0 Å². The van der Waals surface area contributed by atoms with Crippen LogP contribution in [0.5, 0.6) is 0 Å². The van der Waals surface area contributed by atoms with E-state index in [0.717, 1.165) is 0 Å². The van der Waals surface area contributed by atoms with E-state index < -0.39 is 13.9 Å². The lowest BCUT2D eigenvalue weighted by Gasteiger charge is -2.39. The molecule has 3 atom stereocenters. The van der Waals surface area contributed by atoms with E-state index >= 15 is 0 Å². The maximum atomic E-state index is 12.2. The topological polar surface area (TPSA) is 68.3 Å². The SMILES string of the molecule is CC(C)(C)OC(=O)CC(C[C@@H]1O[C@H]1CO)O[Si](C)(C)C(C)(C)C. The van der Waals surface area contributed by atoms with Gasteiger partial charge < -0.3 is 19.0 Å². The number of rotatable bonds is 7. The normalized spacial score (nSPS) is 23.5. The van der Waals surface area contributed by atoms with Gasteiger partial charge in [-0.05, 0) is 38.9 Å². The van der Waals surface area contributed by atoms with Gasteiger partial charge in [-0.2, -0.15) is 0 Å². The van der Waals surface area contributed by atoms with Crippen LogP contribution in [-0.2, 0) is 18.7 Å². The molecule has 0 saturated carbocycles. The smallest absolute Gasteiger partial charge is 0.308 e. The van der Waals surface area contributed by atoms with E-state index in [4.69, 9.17) is 19.0 Å². The lowest BCUT2D eigenvalue weighted by molar-refractivity contribution is -0.156. The van der Waals surface area contributed by atoms with Gasteiger partial charge in [-0.15, -0.1) is 0 Å². The van der Waals surface area contributed by atoms with Crippen molar-refractivity contribution >= 4 is 14.3 Å². The van der Waals surface area contributed by atoms with Crippen molar-refractivity contribution in [1.82, 2.24) is 0 Å². The quantitative estimate of drug-likeness (QED) is 0.435. The van der Waals surface area contributed by atoms with Crippen molar-refractivity contribution < 1.29 is 23.8 Å². The summed E-state index contributed by atoms with van der Waals surface area (Å²) in [4.78, 5) is 12.2. The van der Waals surface area contributed by atoms with E-state index in [1.807, 2.05) is 20.8 Å². The number of epoxide rings is 1. The van der Waals surface area contributed by atoms with Crippen LogP contribution in [0.3, 0.4) is 0 Å². The monoisotopic (exact) mass is 346 g/mol. The molecular formula is C17H34O5Si. The molecule has 23 heavy (non-hydrogen) atoms. The van der Waals surface area contributed by atoms with Crippen molar-refractivity contribution in [2.75, 3.05) is 6.61 Å². The fourth-order valence-electron chi connectivity index (χ4n) is 2.14. The van der Waals surface area contributed by atoms with E-state index in [0.29, 0.717) is 6.42 Å². The first-order chi connectivity index (χ1) is 10.2. The van der Waals surface area contributed by atoms with Crippen LogP contribution >= 0.6 is 0 Å². The Morgan fingerprint density at radius 3 is 2.13 bits per heavy atom. The minimum absolute atomic E-state index is 0.0165. The average molecular weight is 347 g/mol. The zero-order valence-corrected chi connectivity index (χ0v) is 16.9. The molecule has 0 aromatic carbocycles. The fourth-order valence-corrected chi connectivity index (χ4v) is 3.51. The van der Waals surface area contributed by atoms with Crippen molar-refractivity contribution in [3.05, 3.63) is 0 Å². The molecule has 1 rings (SSSR count). The number of carbonyl (C=O) groups excluding carboxylic acids is 1. The lowest BCUT2D eigenvalue weighted by atomic mass is 10.1. The largest absolute Gasteiger partial charge is 0.460 e. The number of aliphatic hydroxyl groups is 1. The molecule has 0 aliphatic carbocycles. The highest BCUT2D eigenvalue weighted by molar-refractivity contribution is 6.74. The Bertz CT molecular complexity index is 408. The van der Waals surface area contributed by atoms with Crippen molar-refractivity contribution in [3.8, 4) is 0 Å². The summed E-state index contributed by atoms with van der Waals surface area (Å²) in [5.74, 6) is -0.248. The Morgan fingerprint density at radius 1 is 1.17 bits per heavy atom. The molecule has 1 aliphatic heterocycles.